The van der Waals surface area contributed by atoms with Crippen molar-refractivity contribution in [2.75, 3.05) is 0 Å². The van der Waals surface area contributed by atoms with E-state index in [0.717, 1.165) is 22.0 Å². The van der Waals surface area contributed by atoms with Crippen molar-refractivity contribution in [3.63, 3.8) is 0 Å². The monoisotopic (exact) mass is 262 g/mol. The Morgan fingerprint density at radius 2 is 1.70 bits per heavy atom. The Balaban J connectivity index is 2.08. The molecule has 0 fully saturated rings. The third-order valence-corrected chi connectivity index (χ3v) is 3.15. The van der Waals surface area contributed by atoms with E-state index in [4.69, 9.17) is 0 Å². The summed E-state index contributed by atoms with van der Waals surface area (Å²) in [6.07, 6.45) is 0. The predicted octanol–water partition coefficient (Wildman–Crippen LogP) is 5.27. The second-order valence-electron chi connectivity index (χ2n) is 4.69. The number of phenols is 1. The van der Waals surface area contributed by atoms with Crippen LogP contribution >= 0.6 is 0 Å². The van der Waals surface area contributed by atoms with E-state index in [1.165, 1.54) is 0 Å². The van der Waals surface area contributed by atoms with Gasteiger partial charge in [-0.15, -0.1) is 5.11 Å². The Labute approximate surface area is 117 Å². The number of hydrogen-bond acceptors (Lipinski definition) is 3. The van der Waals surface area contributed by atoms with Crippen LogP contribution in [0.25, 0.3) is 10.8 Å². The number of benzene rings is 3. The molecule has 0 unspecified atom stereocenters. The first kappa shape index (κ1) is 12.4. The molecule has 0 spiro atoms. The summed E-state index contributed by atoms with van der Waals surface area (Å²) in [7, 11) is 0. The second-order valence-corrected chi connectivity index (χ2v) is 4.69. The third kappa shape index (κ3) is 2.38. The smallest absolute Gasteiger partial charge is 0.143 e. The molecule has 98 valence electrons. The SMILES string of the molecule is Cc1cccc(N=Nc2c(O)ccc3ccccc23)c1. The zero-order valence-corrected chi connectivity index (χ0v) is 11.1. The second kappa shape index (κ2) is 5.13. The van der Waals surface area contributed by atoms with Gasteiger partial charge in [0, 0.05) is 5.39 Å². The first-order valence-electron chi connectivity index (χ1n) is 6.43. The number of fused-ring (bicyclic) bond motifs is 1. The molecule has 3 aromatic rings. The van der Waals surface area contributed by atoms with Gasteiger partial charge in [0.2, 0.25) is 0 Å². The van der Waals surface area contributed by atoms with Crippen molar-refractivity contribution in [2.45, 2.75) is 6.92 Å². The molecule has 0 aliphatic heterocycles. The summed E-state index contributed by atoms with van der Waals surface area (Å²) in [6, 6.07) is 19.1. The zero-order chi connectivity index (χ0) is 13.9. The van der Waals surface area contributed by atoms with E-state index in [9.17, 15) is 5.11 Å². The van der Waals surface area contributed by atoms with E-state index < -0.39 is 0 Å². The minimum absolute atomic E-state index is 0.139. The molecule has 0 aliphatic carbocycles. The Hall–Kier alpha value is -2.68. The summed E-state index contributed by atoms with van der Waals surface area (Å²) in [6.45, 7) is 2.01. The minimum Gasteiger partial charge on any atom is -0.506 e. The van der Waals surface area contributed by atoms with Crippen LogP contribution in [0.1, 0.15) is 5.56 Å². The van der Waals surface area contributed by atoms with Crippen molar-refractivity contribution in [3.05, 3.63) is 66.2 Å². The van der Waals surface area contributed by atoms with Crippen molar-refractivity contribution in [2.24, 2.45) is 10.2 Å². The number of phenolic OH excluding ortho intramolecular Hbond substituents is 1. The number of aryl methyl sites for hydroxylation is 1. The zero-order valence-electron chi connectivity index (χ0n) is 11.1. The molecular weight excluding hydrogens is 248 g/mol. The third-order valence-electron chi connectivity index (χ3n) is 3.15. The van der Waals surface area contributed by atoms with Gasteiger partial charge in [-0.1, -0.05) is 42.5 Å². The van der Waals surface area contributed by atoms with Crippen molar-refractivity contribution in [1.29, 1.82) is 0 Å². The maximum atomic E-state index is 9.99. The van der Waals surface area contributed by atoms with Crippen LogP contribution in [0.5, 0.6) is 5.75 Å². The molecule has 0 amide bonds. The van der Waals surface area contributed by atoms with Gasteiger partial charge in [-0.05, 0) is 36.1 Å². The molecule has 3 nitrogen and oxygen atoms in total. The van der Waals surface area contributed by atoms with E-state index in [2.05, 4.69) is 10.2 Å². The number of aromatic hydroxyl groups is 1. The lowest BCUT2D eigenvalue weighted by Gasteiger charge is -2.03. The van der Waals surface area contributed by atoms with Gasteiger partial charge >= 0.3 is 0 Å². The highest BCUT2D eigenvalue weighted by atomic mass is 16.3. The number of rotatable bonds is 2. The lowest BCUT2D eigenvalue weighted by Crippen LogP contribution is -1.75. The summed E-state index contributed by atoms with van der Waals surface area (Å²) in [5.41, 5.74) is 2.41. The molecule has 0 saturated heterocycles. The van der Waals surface area contributed by atoms with E-state index in [0.29, 0.717) is 5.69 Å². The van der Waals surface area contributed by atoms with Crippen LogP contribution < -0.4 is 0 Å². The molecular formula is C17H14N2O. The van der Waals surface area contributed by atoms with Gasteiger partial charge in [0.15, 0.2) is 0 Å². The molecule has 3 rings (SSSR count). The predicted molar refractivity (Wildman–Crippen MR) is 81.0 cm³/mol. The van der Waals surface area contributed by atoms with E-state index in [-0.39, 0.29) is 5.75 Å². The highest BCUT2D eigenvalue weighted by Crippen LogP contribution is 2.35. The fraction of sp³-hybridized carbons (Fsp3) is 0.0588. The van der Waals surface area contributed by atoms with Crippen LogP contribution in [0.15, 0.2) is 70.9 Å². The summed E-state index contributed by atoms with van der Waals surface area (Å²) >= 11 is 0. The molecule has 1 N–H and O–H groups in total. The average Bonchev–Trinajstić information content (AvgIpc) is 2.46. The Morgan fingerprint density at radius 1 is 0.850 bits per heavy atom. The maximum absolute atomic E-state index is 9.99. The first-order valence-corrected chi connectivity index (χ1v) is 6.43. The van der Waals surface area contributed by atoms with Gasteiger partial charge < -0.3 is 5.11 Å². The molecule has 0 radical (unpaired) electrons. The normalized spacial score (nSPS) is 11.2. The van der Waals surface area contributed by atoms with Crippen molar-refractivity contribution >= 4 is 22.1 Å². The largest absolute Gasteiger partial charge is 0.506 e. The fourth-order valence-electron chi connectivity index (χ4n) is 2.15. The lowest BCUT2D eigenvalue weighted by atomic mass is 10.1. The van der Waals surface area contributed by atoms with Gasteiger partial charge in [0.25, 0.3) is 0 Å². The summed E-state index contributed by atoms with van der Waals surface area (Å²) in [5.74, 6) is 0.139. The fourth-order valence-corrected chi connectivity index (χ4v) is 2.15. The topological polar surface area (TPSA) is 45.0 Å². The summed E-state index contributed by atoms with van der Waals surface area (Å²) in [4.78, 5) is 0. The molecule has 0 saturated carbocycles. The molecule has 20 heavy (non-hydrogen) atoms. The van der Waals surface area contributed by atoms with Gasteiger partial charge in [-0.3, -0.25) is 0 Å². The Kier molecular flexibility index (Phi) is 3.17. The van der Waals surface area contributed by atoms with Crippen LogP contribution in [0, 0.1) is 6.92 Å². The van der Waals surface area contributed by atoms with E-state index in [1.807, 2.05) is 61.5 Å². The van der Waals surface area contributed by atoms with E-state index in [1.54, 1.807) is 6.07 Å². The number of hydrogen-bond donors (Lipinski definition) is 1. The van der Waals surface area contributed by atoms with Crippen molar-refractivity contribution in [3.8, 4) is 5.75 Å². The molecule has 3 aromatic carbocycles. The summed E-state index contributed by atoms with van der Waals surface area (Å²) in [5, 5.41) is 20.3. The summed E-state index contributed by atoms with van der Waals surface area (Å²) < 4.78 is 0. The standard InChI is InChI=1S/C17H14N2O/c1-12-5-4-7-14(11-12)18-19-17-15-8-3-2-6-13(15)9-10-16(17)20/h2-11,20H,1H3. The molecule has 0 aliphatic rings. The van der Waals surface area contributed by atoms with Gasteiger partial charge in [0.05, 0.1) is 5.69 Å². The van der Waals surface area contributed by atoms with Gasteiger partial charge in [0.1, 0.15) is 11.4 Å². The van der Waals surface area contributed by atoms with Gasteiger partial charge in [-0.25, -0.2) is 0 Å². The molecule has 0 aromatic heterocycles. The van der Waals surface area contributed by atoms with Crippen molar-refractivity contribution < 1.29 is 5.11 Å². The molecule has 0 atom stereocenters. The Bertz CT molecular complexity index is 794. The highest BCUT2D eigenvalue weighted by molar-refractivity contribution is 5.95. The van der Waals surface area contributed by atoms with E-state index >= 15 is 0 Å². The molecule has 0 heterocycles. The van der Waals surface area contributed by atoms with Crippen LogP contribution in [0.4, 0.5) is 11.4 Å². The van der Waals surface area contributed by atoms with Crippen LogP contribution in [-0.4, -0.2) is 5.11 Å². The van der Waals surface area contributed by atoms with Crippen LogP contribution in [-0.2, 0) is 0 Å². The first-order chi connectivity index (χ1) is 9.74. The Morgan fingerprint density at radius 3 is 2.55 bits per heavy atom. The lowest BCUT2D eigenvalue weighted by molar-refractivity contribution is 0.477. The molecule has 3 heteroatoms. The van der Waals surface area contributed by atoms with Crippen molar-refractivity contribution in [1.82, 2.24) is 0 Å². The number of nitrogens with zero attached hydrogens (tertiary/aromatic N) is 2. The van der Waals surface area contributed by atoms with Crippen LogP contribution in [0.2, 0.25) is 0 Å². The maximum Gasteiger partial charge on any atom is 0.143 e. The number of azo groups is 1. The van der Waals surface area contributed by atoms with Gasteiger partial charge in [-0.2, -0.15) is 5.11 Å². The van der Waals surface area contributed by atoms with Crippen LogP contribution in [0.3, 0.4) is 0 Å². The minimum atomic E-state index is 0.139. The quantitative estimate of drug-likeness (QED) is 0.628. The molecule has 0 bridgehead atoms. The highest BCUT2D eigenvalue weighted by Gasteiger charge is 2.05. The average molecular weight is 262 g/mol.